The van der Waals surface area contributed by atoms with E-state index in [0.717, 1.165) is 20.0 Å². The number of hydrogen-bond donors (Lipinski definition) is 0. The second-order valence-electron chi connectivity index (χ2n) is 6.04. The monoisotopic (exact) mass is 409 g/mol. The van der Waals surface area contributed by atoms with Gasteiger partial charge in [-0.25, -0.2) is 13.4 Å². The summed E-state index contributed by atoms with van der Waals surface area (Å²) < 4.78 is 26.3. The predicted molar refractivity (Wildman–Crippen MR) is 109 cm³/mol. The highest BCUT2D eigenvalue weighted by atomic mass is 32.2. The molecule has 0 fully saturated rings. The zero-order chi connectivity index (χ0) is 18.6. The minimum atomic E-state index is -3.78. The van der Waals surface area contributed by atoms with Crippen molar-refractivity contribution in [2.24, 2.45) is 0 Å². The SMILES string of the molecule is O=C1/C(=C\c2nc3sc(-c4ccccc4)cc3s2)S(=O)(=O)c2ccccc21. The highest BCUT2D eigenvalue weighted by Gasteiger charge is 2.39. The lowest BCUT2D eigenvalue weighted by atomic mass is 10.1. The molecule has 2 aromatic carbocycles. The summed E-state index contributed by atoms with van der Waals surface area (Å²) >= 11 is 2.94. The molecule has 0 atom stereocenters. The number of thiophene rings is 1. The van der Waals surface area contributed by atoms with Gasteiger partial charge in [-0.1, -0.05) is 42.5 Å². The van der Waals surface area contributed by atoms with Gasteiger partial charge in [-0.15, -0.1) is 22.7 Å². The molecule has 4 nitrogen and oxygen atoms in total. The summed E-state index contributed by atoms with van der Waals surface area (Å²) in [4.78, 5) is 18.9. The largest absolute Gasteiger partial charge is 0.288 e. The molecule has 0 bridgehead atoms. The number of ketones is 1. The molecule has 5 rings (SSSR count). The van der Waals surface area contributed by atoms with Crippen LogP contribution in [0.3, 0.4) is 0 Å². The second kappa shape index (κ2) is 5.95. The zero-order valence-corrected chi connectivity index (χ0v) is 16.2. The lowest BCUT2D eigenvalue weighted by Crippen LogP contribution is -2.01. The molecule has 0 saturated heterocycles. The van der Waals surface area contributed by atoms with Gasteiger partial charge in [0.25, 0.3) is 0 Å². The van der Waals surface area contributed by atoms with Crippen LogP contribution in [-0.2, 0) is 9.84 Å². The van der Waals surface area contributed by atoms with Crippen LogP contribution in [0.15, 0.2) is 70.5 Å². The molecule has 1 aliphatic rings. The third-order valence-corrected chi connectivity index (χ3v) is 8.33. The van der Waals surface area contributed by atoms with Gasteiger partial charge in [-0.05, 0) is 29.8 Å². The van der Waals surface area contributed by atoms with Gasteiger partial charge < -0.3 is 0 Å². The van der Waals surface area contributed by atoms with Crippen LogP contribution in [-0.4, -0.2) is 19.2 Å². The molecule has 0 saturated carbocycles. The van der Waals surface area contributed by atoms with Crippen molar-refractivity contribution in [3.05, 3.63) is 76.1 Å². The molecular weight excluding hydrogens is 398 g/mol. The van der Waals surface area contributed by atoms with Crippen LogP contribution in [0.25, 0.3) is 26.0 Å². The first-order valence-corrected chi connectivity index (χ1v) is 11.2. The normalized spacial score (nSPS) is 16.9. The van der Waals surface area contributed by atoms with E-state index in [1.54, 1.807) is 29.5 Å². The Morgan fingerprint density at radius 1 is 0.926 bits per heavy atom. The Bertz CT molecular complexity index is 1310. The van der Waals surface area contributed by atoms with Gasteiger partial charge in [0.15, 0.2) is 0 Å². The smallest absolute Gasteiger partial charge is 0.211 e. The standard InChI is InChI=1S/C20H11NO3S3/c22-19-13-8-4-5-9-16(13)27(23,24)17(19)11-18-21-20-15(25-18)10-14(26-20)12-6-2-1-3-7-12/h1-11H/b17-11+. The van der Waals surface area contributed by atoms with E-state index < -0.39 is 15.6 Å². The van der Waals surface area contributed by atoms with E-state index in [4.69, 9.17) is 0 Å². The Balaban J connectivity index is 1.57. The van der Waals surface area contributed by atoms with Crippen molar-refractivity contribution in [3.63, 3.8) is 0 Å². The first-order valence-electron chi connectivity index (χ1n) is 8.10. The number of carbonyl (C=O) groups is 1. The Hall–Kier alpha value is -2.61. The third kappa shape index (κ3) is 2.58. The number of sulfone groups is 1. The summed E-state index contributed by atoms with van der Waals surface area (Å²) in [7, 11) is -3.78. The fraction of sp³-hybridized carbons (Fsp3) is 0. The number of thiazole rings is 1. The average Bonchev–Trinajstić information content (AvgIpc) is 3.29. The van der Waals surface area contributed by atoms with Crippen LogP contribution in [0.2, 0.25) is 0 Å². The van der Waals surface area contributed by atoms with E-state index in [1.165, 1.54) is 23.5 Å². The molecule has 4 aromatic rings. The number of allylic oxidation sites excluding steroid dienone is 1. The molecule has 132 valence electrons. The maximum atomic E-state index is 12.7. The fourth-order valence-corrected chi connectivity index (χ4v) is 6.89. The molecule has 0 aliphatic carbocycles. The van der Waals surface area contributed by atoms with Gasteiger partial charge >= 0.3 is 0 Å². The van der Waals surface area contributed by atoms with Crippen molar-refractivity contribution in [3.8, 4) is 10.4 Å². The number of Topliss-reactive ketones (excluding diaryl/α,β-unsaturated/α-hetero) is 1. The minimum absolute atomic E-state index is 0.0750. The van der Waals surface area contributed by atoms with Gasteiger partial charge in [-0.2, -0.15) is 0 Å². The number of benzene rings is 2. The van der Waals surface area contributed by atoms with E-state index in [9.17, 15) is 13.2 Å². The van der Waals surface area contributed by atoms with Crippen LogP contribution in [0, 0.1) is 0 Å². The van der Waals surface area contributed by atoms with Crippen molar-refractivity contribution in [1.82, 2.24) is 4.98 Å². The summed E-state index contributed by atoms with van der Waals surface area (Å²) in [6.45, 7) is 0. The summed E-state index contributed by atoms with van der Waals surface area (Å²) in [5, 5.41) is 0.524. The first kappa shape index (κ1) is 16.6. The number of carbonyl (C=O) groups excluding carboxylic acids is 1. The molecular formula is C20H11NO3S3. The summed E-state index contributed by atoms with van der Waals surface area (Å²) in [6.07, 6.45) is 1.40. The first-order chi connectivity index (χ1) is 13.0. The number of fused-ring (bicyclic) bond motifs is 2. The van der Waals surface area contributed by atoms with Crippen LogP contribution < -0.4 is 0 Å². The number of hydrogen-bond acceptors (Lipinski definition) is 6. The van der Waals surface area contributed by atoms with Gasteiger partial charge in [0, 0.05) is 10.4 Å². The summed E-state index contributed by atoms with van der Waals surface area (Å²) in [5.74, 6) is -0.464. The molecule has 0 unspecified atom stereocenters. The van der Waals surface area contributed by atoms with Crippen LogP contribution >= 0.6 is 22.7 Å². The van der Waals surface area contributed by atoms with E-state index >= 15 is 0 Å². The summed E-state index contributed by atoms with van der Waals surface area (Å²) in [6, 6.07) is 18.4. The van der Waals surface area contributed by atoms with Gasteiger partial charge in [0.1, 0.15) is 14.7 Å². The Morgan fingerprint density at radius 3 is 2.41 bits per heavy atom. The highest BCUT2D eigenvalue weighted by Crippen LogP contribution is 2.39. The second-order valence-corrected chi connectivity index (χ2v) is 10.0. The molecule has 0 spiro atoms. The van der Waals surface area contributed by atoms with Crippen molar-refractivity contribution in [2.45, 2.75) is 4.90 Å². The molecule has 7 heteroatoms. The average molecular weight is 410 g/mol. The van der Waals surface area contributed by atoms with Gasteiger partial charge in [0.05, 0.1) is 9.60 Å². The van der Waals surface area contributed by atoms with E-state index in [2.05, 4.69) is 11.1 Å². The summed E-state index contributed by atoms with van der Waals surface area (Å²) in [5.41, 5.74) is 1.35. The highest BCUT2D eigenvalue weighted by molar-refractivity contribution is 7.97. The van der Waals surface area contributed by atoms with Crippen molar-refractivity contribution >= 4 is 53.9 Å². The molecule has 0 radical (unpaired) electrons. The van der Waals surface area contributed by atoms with Crippen LogP contribution in [0.1, 0.15) is 15.4 Å². The molecule has 1 aliphatic heterocycles. The molecule has 0 N–H and O–H groups in total. The lowest BCUT2D eigenvalue weighted by molar-refractivity contribution is 0.104. The Morgan fingerprint density at radius 2 is 1.67 bits per heavy atom. The molecule has 2 aromatic heterocycles. The quantitative estimate of drug-likeness (QED) is 0.435. The maximum absolute atomic E-state index is 12.7. The Labute approximate surface area is 163 Å². The van der Waals surface area contributed by atoms with Gasteiger partial charge in [-0.3, -0.25) is 4.79 Å². The third-order valence-electron chi connectivity index (χ3n) is 4.35. The predicted octanol–water partition coefficient (Wildman–Crippen LogP) is 5.04. The van der Waals surface area contributed by atoms with Crippen LogP contribution in [0.5, 0.6) is 0 Å². The Kier molecular flexibility index (Phi) is 3.65. The minimum Gasteiger partial charge on any atom is -0.288 e. The fourth-order valence-electron chi connectivity index (χ4n) is 3.07. The van der Waals surface area contributed by atoms with E-state index in [1.807, 2.05) is 30.3 Å². The molecule has 3 heterocycles. The number of aromatic nitrogens is 1. The molecule has 27 heavy (non-hydrogen) atoms. The number of rotatable bonds is 2. The topological polar surface area (TPSA) is 64.1 Å². The lowest BCUT2D eigenvalue weighted by Gasteiger charge is -1.95. The van der Waals surface area contributed by atoms with E-state index in [-0.39, 0.29) is 15.4 Å². The van der Waals surface area contributed by atoms with Crippen molar-refractivity contribution < 1.29 is 13.2 Å². The molecule has 0 amide bonds. The maximum Gasteiger partial charge on any atom is 0.211 e. The van der Waals surface area contributed by atoms with Crippen molar-refractivity contribution in [2.75, 3.05) is 0 Å². The number of nitrogens with zero attached hydrogens (tertiary/aromatic N) is 1. The van der Waals surface area contributed by atoms with Crippen molar-refractivity contribution in [1.29, 1.82) is 0 Å². The zero-order valence-electron chi connectivity index (χ0n) is 13.7. The van der Waals surface area contributed by atoms with Crippen LogP contribution in [0.4, 0.5) is 0 Å². The van der Waals surface area contributed by atoms with E-state index in [0.29, 0.717) is 5.01 Å². The van der Waals surface area contributed by atoms with Gasteiger partial charge in [0.2, 0.25) is 15.6 Å².